The highest BCUT2D eigenvalue weighted by Gasteiger charge is 2.26. The summed E-state index contributed by atoms with van der Waals surface area (Å²) in [6, 6.07) is 2.95. The van der Waals surface area contributed by atoms with Crippen molar-refractivity contribution >= 4 is 17.5 Å². The maximum Gasteiger partial charge on any atom is 0.224 e. The zero-order valence-electron chi connectivity index (χ0n) is 14.8. The van der Waals surface area contributed by atoms with E-state index in [1.54, 1.807) is 6.07 Å². The van der Waals surface area contributed by atoms with Gasteiger partial charge in [0.15, 0.2) is 11.6 Å². The highest BCUT2D eigenvalue weighted by molar-refractivity contribution is 5.59. The van der Waals surface area contributed by atoms with Gasteiger partial charge in [0.05, 0.1) is 5.69 Å². The molecule has 0 bridgehead atoms. The molecule has 2 N–H and O–H groups in total. The highest BCUT2D eigenvalue weighted by Crippen LogP contribution is 2.40. The van der Waals surface area contributed by atoms with Gasteiger partial charge in [0.2, 0.25) is 5.95 Å². The lowest BCUT2D eigenvalue weighted by Gasteiger charge is -2.13. The van der Waals surface area contributed by atoms with Crippen LogP contribution in [0.3, 0.4) is 0 Å². The molecule has 1 heterocycles. The molecule has 1 fully saturated rings. The summed E-state index contributed by atoms with van der Waals surface area (Å²) in [6.45, 7) is 1.61. The molecule has 5 nitrogen and oxygen atoms in total. The number of nitrogens with zero attached hydrogens (tertiary/aromatic N) is 3. The quantitative estimate of drug-likeness (QED) is 0.696. The fraction of sp³-hybridized carbons (Fsp3) is 0.444. The second-order valence-corrected chi connectivity index (χ2v) is 6.73. The molecular weight excluding hydrogens is 343 g/mol. The van der Waals surface area contributed by atoms with Crippen LogP contribution in [0.1, 0.15) is 30.9 Å². The molecule has 0 spiro atoms. The average molecular weight is 365 g/mol. The van der Waals surface area contributed by atoms with E-state index in [0.29, 0.717) is 30.5 Å². The van der Waals surface area contributed by atoms with Crippen LogP contribution in [-0.4, -0.2) is 42.1 Å². The van der Waals surface area contributed by atoms with E-state index in [2.05, 4.69) is 25.5 Å². The topological polar surface area (TPSA) is 53.1 Å². The molecule has 1 aromatic heterocycles. The number of benzene rings is 1. The third-order valence-electron chi connectivity index (χ3n) is 4.07. The van der Waals surface area contributed by atoms with Crippen LogP contribution in [0.25, 0.3) is 0 Å². The van der Waals surface area contributed by atoms with Crippen molar-refractivity contribution in [3.8, 4) is 0 Å². The molecule has 1 aromatic carbocycles. The Kier molecular flexibility index (Phi) is 5.61. The van der Waals surface area contributed by atoms with E-state index >= 15 is 0 Å². The maximum atomic E-state index is 13.9. The Morgan fingerprint density at radius 3 is 2.38 bits per heavy atom. The third-order valence-corrected chi connectivity index (χ3v) is 4.07. The van der Waals surface area contributed by atoms with Crippen molar-refractivity contribution in [2.45, 2.75) is 25.2 Å². The van der Waals surface area contributed by atoms with E-state index < -0.39 is 23.1 Å². The van der Waals surface area contributed by atoms with Gasteiger partial charge in [0, 0.05) is 30.7 Å². The van der Waals surface area contributed by atoms with Crippen LogP contribution in [-0.2, 0) is 0 Å². The minimum absolute atomic E-state index is 0.279. The van der Waals surface area contributed by atoms with Gasteiger partial charge in [0.25, 0.3) is 0 Å². The van der Waals surface area contributed by atoms with E-state index in [9.17, 15) is 13.2 Å². The van der Waals surface area contributed by atoms with Crippen molar-refractivity contribution in [1.29, 1.82) is 0 Å². The number of rotatable bonds is 8. The van der Waals surface area contributed by atoms with E-state index in [0.717, 1.165) is 31.5 Å². The first-order chi connectivity index (χ1) is 12.4. The lowest BCUT2D eigenvalue weighted by atomic mass is 10.2. The number of aromatic nitrogens is 2. The lowest BCUT2D eigenvalue weighted by molar-refractivity contribution is 0.405. The van der Waals surface area contributed by atoms with Crippen LogP contribution in [0.5, 0.6) is 0 Å². The molecule has 1 aliphatic carbocycles. The summed E-state index contributed by atoms with van der Waals surface area (Å²) < 4.78 is 40.8. The van der Waals surface area contributed by atoms with E-state index in [1.165, 1.54) is 0 Å². The molecule has 2 aromatic rings. The Morgan fingerprint density at radius 2 is 1.77 bits per heavy atom. The summed E-state index contributed by atoms with van der Waals surface area (Å²) >= 11 is 0. The summed E-state index contributed by atoms with van der Waals surface area (Å²) in [6.07, 6.45) is 2.99. The number of halogens is 3. The number of nitrogens with one attached hydrogen (secondary N) is 2. The third kappa shape index (κ3) is 4.85. The molecule has 8 heteroatoms. The van der Waals surface area contributed by atoms with Crippen molar-refractivity contribution in [3.63, 3.8) is 0 Å². The molecule has 140 valence electrons. The summed E-state index contributed by atoms with van der Waals surface area (Å²) in [5.41, 5.74) is 0.408. The van der Waals surface area contributed by atoms with Gasteiger partial charge in [-0.25, -0.2) is 18.2 Å². The Bertz CT molecular complexity index is 754. The lowest BCUT2D eigenvalue weighted by Crippen LogP contribution is -2.17. The fourth-order valence-corrected chi connectivity index (χ4v) is 2.58. The van der Waals surface area contributed by atoms with Gasteiger partial charge >= 0.3 is 0 Å². The van der Waals surface area contributed by atoms with Gasteiger partial charge < -0.3 is 15.5 Å². The number of anilines is 3. The van der Waals surface area contributed by atoms with Gasteiger partial charge in [-0.05, 0) is 39.9 Å². The van der Waals surface area contributed by atoms with E-state index in [1.807, 2.05) is 14.1 Å². The van der Waals surface area contributed by atoms with Crippen LogP contribution in [0, 0.1) is 17.5 Å². The Hall–Kier alpha value is -2.35. The monoisotopic (exact) mass is 365 g/mol. The zero-order chi connectivity index (χ0) is 18.7. The van der Waals surface area contributed by atoms with Crippen LogP contribution in [0.2, 0.25) is 0 Å². The molecular formula is C18H22F3N5. The summed E-state index contributed by atoms with van der Waals surface area (Å²) in [5, 5.41) is 5.77. The van der Waals surface area contributed by atoms with Gasteiger partial charge in [-0.2, -0.15) is 4.98 Å². The summed E-state index contributed by atoms with van der Waals surface area (Å²) in [4.78, 5) is 10.9. The first-order valence-electron chi connectivity index (χ1n) is 8.61. The van der Waals surface area contributed by atoms with Gasteiger partial charge in [-0.1, -0.05) is 0 Å². The van der Waals surface area contributed by atoms with Crippen molar-refractivity contribution in [2.75, 3.05) is 37.8 Å². The summed E-state index contributed by atoms with van der Waals surface area (Å²) in [5.74, 6) is -1.93. The van der Waals surface area contributed by atoms with Crippen LogP contribution in [0.15, 0.2) is 18.2 Å². The van der Waals surface area contributed by atoms with Crippen LogP contribution >= 0.6 is 0 Å². The second kappa shape index (κ2) is 7.90. The van der Waals surface area contributed by atoms with Gasteiger partial charge in [-0.3, -0.25) is 0 Å². The molecule has 0 saturated heterocycles. The number of hydrogen-bond donors (Lipinski definition) is 2. The van der Waals surface area contributed by atoms with Crippen LogP contribution in [0.4, 0.5) is 30.6 Å². The second-order valence-electron chi connectivity index (χ2n) is 6.73. The van der Waals surface area contributed by atoms with Crippen molar-refractivity contribution < 1.29 is 13.2 Å². The largest absolute Gasteiger partial charge is 0.354 e. The first-order valence-corrected chi connectivity index (χ1v) is 8.61. The van der Waals surface area contributed by atoms with Crippen molar-refractivity contribution in [3.05, 3.63) is 41.3 Å². The minimum atomic E-state index is -1.01. The smallest absolute Gasteiger partial charge is 0.224 e. The van der Waals surface area contributed by atoms with Crippen molar-refractivity contribution in [2.24, 2.45) is 0 Å². The molecule has 0 unspecified atom stereocenters. The molecule has 1 aliphatic rings. The Labute approximate surface area is 150 Å². The van der Waals surface area contributed by atoms with E-state index in [4.69, 9.17) is 0 Å². The normalized spacial score (nSPS) is 13.9. The zero-order valence-corrected chi connectivity index (χ0v) is 14.8. The SMILES string of the molecule is CN(C)CCCNc1nc(Nc2c(F)cc(F)cc2F)cc(C2CC2)n1. The Morgan fingerprint density at radius 1 is 1.08 bits per heavy atom. The van der Waals surface area contributed by atoms with Gasteiger partial charge in [0.1, 0.15) is 17.3 Å². The number of hydrogen-bond acceptors (Lipinski definition) is 5. The molecule has 26 heavy (non-hydrogen) atoms. The summed E-state index contributed by atoms with van der Waals surface area (Å²) in [7, 11) is 4.00. The predicted octanol–water partition coefficient (Wildman–Crippen LogP) is 3.88. The molecule has 1 saturated carbocycles. The fourth-order valence-electron chi connectivity index (χ4n) is 2.58. The minimum Gasteiger partial charge on any atom is -0.354 e. The van der Waals surface area contributed by atoms with Gasteiger partial charge in [-0.15, -0.1) is 0 Å². The van der Waals surface area contributed by atoms with Crippen LogP contribution < -0.4 is 10.6 Å². The maximum absolute atomic E-state index is 13.9. The van der Waals surface area contributed by atoms with Crippen molar-refractivity contribution in [1.82, 2.24) is 14.9 Å². The Balaban J connectivity index is 1.78. The molecule has 0 radical (unpaired) electrons. The molecule has 3 rings (SSSR count). The van der Waals surface area contributed by atoms with E-state index in [-0.39, 0.29) is 5.82 Å². The average Bonchev–Trinajstić information content (AvgIpc) is 3.39. The first kappa shape index (κ1) is 18.4. The molecule has 0 aliphatic heterocycles. The molecule has 0 amide bonds. The molecule has 0 atom stereocenters. The standard InChI is InChI=1S/C18H22F3N5/c1-26(2)7-3-6-22-18-23-15(11-4-5-11)10-16(25-18)24-17-13(20)8-12(19)9-14(17)21/h8-11H,3-7H2,1-2H3,(H2,22,23,24,25). The highest BCUT2D eigenvalue weighted by atomic mass is 19.1. The predicted molar refractivity (Wildman–Crippen MR) is 95.3 cm³/mol.